The van der Waals surface area contributed by atoms with E-state index in [9.17, 15) is 9.59 Å². The Morgan fingerprint density at radius 3 is 2.71 bits per heavy atom. The summed E-state index contributed by atoms with van der Waals surface area (Å²) in [4.78, 5) is 23.7. The normalized spacial score (nSPS) is 21.6. The second-order valence-electron chi connectivity index (χ2n) is 5.65. The summed E-state index contributed by atoms with van der Waals surface area (Å²) in [5.74, 6) is -0.702. The first-order valence-corrected chi connectivity index (χ1v) is 7.77. The molecule has 4 nitrogen and oxygen atoms in total. The predicted octanol–water partition coefficient (Wildman–Crippen LogP) is 2.65. The lowest BCUT2D eigenvalue weighted by Crippen LogP contribution is -2.47. The summed E-state index contributed by atoms with van der Waals surface area (Å²) >= 11 is 5.88. The Hall–Kier alpha value is -1.55. The molecule has 1 aromatic carbocycles. The van der Waals surface area contributed by atoms with E-state index >= 15 is 0 Å². The van der Waals surface area contributed by atoms with Gasteiger partial charge in [0.1, 0.15) is 0 Å². The van der Waals surface area contributed by atoms with E-state index in [0.717, 1.165) is 24.8 Å². The maximum Gasteiger partial charge on any atom is 0.309 e. The monoisotopic (exact) mass is 308 g/mol. The molecule has 2 rings (SSSR count). The first-order chi connectivity index (χ1) is 10.1. The van der Waals surface area contributed by atoms with E-state index in [4.69, 9.17) is 11.6 Å². The molecule has 2 N–H and O–H groups in total. The van der Waals surface area contributed by atoms with E-state index in [-0.39, 0.29) is 6.04 Å². The standard InChI is InChI=1S/C16H21ClN2O2/c1-11-5-2-3-8-14(11)19-16(21)15(20)18-10-12-6-4-7-13(17)9-12/h4,6-7,9,11,14H,2-3,5,8,10H2,1H3,(H,18,20)(H,19,21)/t11-,14-/m1/s1. The fraction of sp³-hybridized carbons (Fsp3) is 0.500. The number of nitrogens with one attached hydrogen (secondary N) is 2. The predicted molar refractivity (Wildman–Crippen MR) is 82.9 cm³/mol. The van der Waals surface area contributed by atoms with E-state index in [2.05, 4.69) is 17.6 Å². The van der Waals surface area contributed by atoms with Crippen molar-refractivity contribution >= 4 is 23.4 Å². The van der Waals surface area contributed by atoms with Crippen molar-refractivity contribution in [1.29, 1.82) is 0 Å². The molecule has 1 aliphatic rings. The highest BCUT2D eigenvalue weighted by Gasteiger charge is 2.25. The third kappa shape index (κ3) is 4.74. The Bertz CT molecular complexity index is 519. The quantitative estimate of drug-likeness (QED) is 0.843. The molecule has 0 spiro atoms. The second kappa shape index (κ2) is 7.46. The van der Waals surface area contributed by atoms with Crippen LogP contribution in [0.2, 0.25) is 5.02 Å². The first kappa shape index (κ1) is 15.8. The third-order valence-corrected chi connectivity index (χ3v) is 4.21. The van der Waals surface area contributed by atoms with E-state index < -0.39 is 11.8 Å². The zero-order chi connectivity index (χ0) is 15.2. The molecule has 5 heteroatoms. The van der Waals surface area contributed by atoms with Crippen LogP contribution < -0.4 is 10.6 Å². The van der Waals surface area contributed by atoms with Gasteiger partial charge in [0.15, 0.2) is 0 Å². The lowest BCUT2D eigenvalue weighted by molar-refractivity contribution is -0.140. The Kier molecular flexibility index (Phi) is 5.62. The minimum absolute atomic E-state index is 0.114. The summed E-state index contributed by atoms with van der Waals surface area (Å²) < 4.78 is 0. The van der Waals surface area contributed by atoms with E-state index in [1.54, 1.807) is 12.1 Å². The van der Waals surface area contributed by atoms with Gasteiger partial charge in [0.2, 0.25) is 0 Å². The van der Waals surface area contributed by atoms with Gasteiger partial charge >= 0.3 is 11.8 Å². The van der Waals surface area contributed by atoms with Gasteiger partial charge in [0.05, 0.1) is 0 Å². The van der Waals surface area contributed by atoms with Gasteiger partial charge in [-0.25, -0.2) is 0 Å². The number of hydrogen-bond acceptors (Lipinski definition) is 2. The number of amides is 2. The Morgan fingerprint density at radius 1 is 1.24 bits per heavy atom. The molecular formula is C16H21ClN2O2. The van der Waals surface area contributed by atoms with Crippen molar-refractivity contribution in [2.24, 2.45) is 5.92 Å². The summed E-state index contributed by atoms with van der Waals surface area (Å²) in [5, 5.41) is 6.07. The third-order valence-electron chi connectivity index (χ3n) is 3.98. The average molecular weight is 309 g/mol. The Morgan fingerprint density at radius 2 is 2.00 bits per heavy atom. The molecule has 0 saturated heterocycles. The molecule has 1 fully saturated rings. The van der Waals surface area contributed by atoms with Gasteiger partial charge < -0.3 is 10.6 Å². The molecule has 0 unspecified atom stereocenters. The van der Waals surface area contributed by atoms with Crippen LogP contribution in [0, 0.1) is 5.92 Å². The lowest BCUT2D eigenvalue weighted by atomic mass is 9.86. The smallest absolute Gasteiger partial charge is 0.309 e. The maximum atomic E-state index is 11.9. The number of carbonyl (C=O) groups excluding carboxylic acids is 2. The van der Waals surface area contributed by atoms with Crippen LogP contribution in [0.4, 0.5) is 0 Å². The molecule has 21 heavy (non-hydrogen) atoms. The van der Waals surface area contributed by atoms with Crippen LogP contribution in [-0.2, 0) is 16.1 Å². The lowest BCUT2D eigenvalue weighted by Gasteiger charge is -2.29. The molecule has 2 atom stereocenters. The van der Waals surface area contributed by atoms with E-state index in [1.807, 2.05) is 12.1 Å². The van der Waals surface area contributed by atoms with Gasteiger partial charge in [-0.1, -0.05) is 43.5 Å². The van der Waals surface area contributed by atoms with Crippen LogP contribution in [0.15, 0.2) is 24.3 Å². The van der Waals surface area contributed by atoms with Crippen LogP contribution in [-0.4, -0.2) is 17.9 Å². The molecule has 1 aliphatic carbocycles. The number of rotatable bonds is 3. The van der Waals surface area contributed by atoms with Crippen molar-refractivity contribution in [3.63, 3.8) is 0 Å². The van der Waals surface area contributed by atoms with Crippen LogP contribution >= 0.6 is 11.6 Å². The molecule has 1 aromatic rings. The van der Waals surface area contributed by atoms with Gasteiger partial charge in [0, 0.05) is 17.6 Å². The van der Waals surface area contributed by atoms with Gasteiger partial charge in [-0.3, -0.25) is 9.59 Å². The highest BCUT2D eigenvalue weighted by molar-refractivity contribution is 6.35. The zero-order valence-corrected chi connectivity index (χ0v) is 13.0. The highest BCUT2D eigenvalue weighted by Crippen LogP contribution is 2.23. The molecule has 0 heterocycles. The van der Waals surface area contributed by atoms with Crippen molar-refractivity contribution in [3.8, 4) is 0 Å². The summed E-state index contributed by atoms with van der Waals surface area (Å²) in [5.41, 5.74) is 0.870. The summed E-state index contributed by atoms with van der Waals surface area (Å²) in [6.45, 7) is 2.42. The van der Waals surface area contributed by atoms with Crippen molar-refractivity contribution in [2.75, 3.05) is 0 Å². The molecule has 0 aromatic heterocycles. The molecule has 0 bridgehead atoms. The van der Waals surface area contributed by atoms with Gasteiger partial charge in [-0.05, 0) is 36.5 Å². The summed E-state index contributed by atoms with van der Waals surface area (Å²) in [7, 11) is 0. The largest absolute Gasteiger partial charge is 0.345 e. The van der Waals surface area contributed by atoms with Crippen molar-refractivity contribution in [2.45, 2.75) is 45.2 Å². The minimum Gasteiger partial charge on any atom is -0.345 e. The topological polar surface area (TPSA) is 58.2 Å². The first-order valence-electron chi connectivity index (χ1n) is 7.39. The SMILES string of the molecule is C[C@@H]1CCCC[C@H]1NC(=O)C(=O)NCc1cccc(Cl)c1. The Labute approximate surface area is 130 Å². The van der Waals surface area contributed by atoms with Crippen molar-refractivity contribution in [3.05, 3.63) is 34.9 Å². The zero-order valence-electron chi connectivity index (χ0n) is 12.2. The van der Waals surface area contributed by atoms with Crippen molar-refractivity contribution in [1.82, 2.24) is 10.6 Å². The van der Waals surface area contributed by atoms with Gasteiger partial charge in [0.25, 0.3) is 0 Å². The molecular weight excluding hydrogens is 288 g/mol. The van der Waals surface area contributed by atoms with E-state index in [0.29, 0.717) is 17.5 Å². The average Bonchev–Trinajstić information content (AvgIpc) is 2.47. The minimum atomic E-state index is -0.590. The molecule has 2 amide bonds. The molecule has 0 aliphatic heterocycles. The van der Waals surface area contributed by atoms with Gasteiger partial charge in [-0.2, -0.15) is 0 Å². The number of halogens is 1. The van der Waals surface area contributed by atoms with Crippen molar-refractivity contribution < 1.29 is 9.59 Å². The fourth-order valence-electron chi connectivity index (χ4n) is 2.67. The Balaban J connectivity index is 1.81. The van der Waals surface area contributed by atoms with E-state index in [1.165, 1.54) is 6.42 Å². The number of benzene rings is 1. The fourth-order valence-corrected chi connectivity index (χ4v) is 2.89. The molecule has 1 saturated carbocycles. The second-order valence-corrected chi connectivity index (χ2v) is 6.09. The van der Waals surface area contributed by atoms with Crippen LogP contribution in [0.1, 0.15) is 38.2 Å². The molecule has 114 valence electrons. The summed E-state index contributed by atoms with van der Waals surface area (Å²) in [6.07, 6.45) is 4.37. The maximum absolute atomic E-state index is 11.9. The van der Waals surface area contributed by atoms with Gasteiger partial charge in [-0.15, -0.1) is 0 Å². The van der Waals surface area contributed by atoms with Crippen LogP contribution in [0.5, 0.6) is 0 Å². The van der Waals surface area contributed by atoms with Crippen LogP contribution in [0.3, 0.4) is 0 Å². The number of carbonyl (C=O) groups is 2. The highest BCUT2D eigenvalue weighted by atomic mass is 35.5. The number of hydrogen-bond donors (Lipinski definition) is 2. The van der Waals surface area contributed by atoms with Crippen LogP contribution in [0.25, 0.3) is 0 Å². The molecule has 0 radical (unpaired) electrons. The summed E-state index contributed by atoms with van der Waals surface area (Å²) in [6, 6.07) is 7.32.